The number of rotatable bonds is 3. The molecule has 1 aromatic heterocycles. The Morgan fingerprint density at radius 1 is 1.11 bits per heavy atom. The number of aromatic amines is 1. The molecule has 2 aromatic carbocycles. The normalized spacial score (nSPS) is 13.4. The first-order chi connectivity index (χ1) is 12.7. The third kappa shape index (κ3) is 4.14. The summed E-state index contributed by atoms with van der Waals surface area (Å²) in [7, 11) is 0. The van der Waals surface area contributed by atoms with Gasteiger partial charge in [0.1, 0.15) is 0 Å². The van der Waals surface area contributed by atoms with Crippen molar-refractivity contribution in [2.75, 3.05) is 0 Å². The third-order valence-electron chi connectivity index (χ3n) is 3.89. The van der Waals surface area contributed by atoms with Gasteiger partial charge in [-0.05, 0) is 35.4 Å². The van der Waals surface area contributed by atoms with Crippen molar-refractivity contribution >= 4 is 40.1 Å². The van der Waals surface area contributed by atoms with Gasteiger partial charge in [-0.15, -0.1) is 0 Å². The van der Waals surface area contributed by atoms with Gasteiger partial charge in [0.2, 0.25) is 0 Å². The molecule has 140 valence electrons. The van der Waals surface area contributed by atoms with Gasteiger partial charge in [0, 0.05) is 5.39 Å². The minimum absolute atomic E-state index is 0.283. The van der Waals surface area contributed by atoms with Crippen LogP contribution < -0.4 is 5.56 Å². The van der Waals surface area contributed by atoms with Crippen LogP contribution in [0.15, 0.2) is 47.4 Å². The lowest BCUT2D eigenvalue weighted by Gasteiger charge is -2.18. The lowest BCUT2D eigenvalue weighted by molar-refractivity contribution is -0.139. The number of benzene rings is 2. The van der Waals surface area contributed by atoms with Crippen molar-refractivity contribution in [3.8, 4) is 0 Å². The number of aromatic nitrogens is 2. The van der Waals surface area contributed by atoms with Gasteiger partial charge < -0.3 is 0 Å². The van der Waals surface area contributed by atoms with Gasteiger partial charge in [0.15, 0.2) is 5.82 Å². The number of nitrogens with zero attached hydrogens (tertiary/aromatic N) is 1. The summed E-state index contributed by atoms with van der Waals surface area (Å²) < 4.78 is 54.0. The zero-order valence-electron chi connectivity index (χ0n) is 13.3. The molecule has 1 N–H and O–H groups in total. The van der Waals surface area contributed by atoms with E-state index in [-0.39, 0.29) is 5.56 Å². The van der Waals surface area contributed by atoms with Crippen molar-refractivity contribution in [2.24, 2.45) is 0 Å². The summed E-state index contributed by atoms with van der Waals surface area (Å²) in [6.45, 7) is 0. The van der Waals surface area contributed by atoms with Crippen LogP contribution >= 0.6 is 23.2 Å². The second-order valence-corrected chi connectivity index (χ2v) is 6.54. The summed E-state index contributed by atoms with van der Waals surface area (Å²) in [5.41, 5.74) is -0.246. The van der Waals surface area contributed by atoms with E-state index in [0.717, 1.165) is 18.2 Å². The Morgan fingerprint density at radius 2 is 1.78 bits per heavy atom. The predicted molar refractivity (Wildman–Crippen MR) is 96.6 cm³/mol. The SMILES string of the molecule is O=c1[nH]ncc2cc(C=CC(c3cc(Cl)c(F)c(Cl)c3)C(F)(F)F)ccc12. The molecule has 1 atom stereocenters. The van der Waals surface area contributed by atoms with E-state index in [1.165, 1.54) is 30.5 Å². The first-order valence-corrected chi connectivity index (χ1v) is 8.29. The van der Waals surface area contributed by atoms with Crippen LogP contribution in [0.5, 0.6) is 0 Å². The van der Waals surface area contributed by atoms with E-state index in [9.17, 15) is 22.4 Å². The molecule has 0 aliphatic rings. The van der Waals surface area contributed by atoms with Gasteiger partial charge in [-0.3, -0.25) is 4.79 Å². The molecule has 0 aliphatic carbocycles. The van der Waals surface area contributed by atoms with E-state index in [1.807, 2.05) is 0 Å². The smallest absolute Gasteiger partial charge is 0.267 e. The van der Waals surface area contributed by atoms with Crippen molar-refractivity contribution < 1.29 is 17.6 Å². The highest BCUT2D eigenvalue weighted by Gasteiger charge is 2.39. The van der Waals surface area contributed by atoms with Crippen LogP contribution in [-0.2, 0) is 0 Å². The van der Waals surface area contributed by atoms with Gasteiger partial charge in [-0.1, -0.05) is 41.4 Å². The summed E-state index contributed by atoms with van der Waals surface area (Å²) in [6, 6.07) is 6.33. The minimum atomic E-state index is -4.64. The summed E-state index contributed by atoms with van der Waals surface area (Å²) in [5, 5.41) is 5.80. The lowest BCUT2D eigenvalue weighted by atomic mass is 9.96. The zero-order valence-corrected chi connectivity index (χ0v) is 14.8. The molecule has 1 heterocycles. The molecule has 9 heteroatoms. The van der Waals surface area contributed by atoms with E-state index in [4.69, 9.17) is 23.2 Å². The molecular weight excluding hydrogens is 407 g/mol. The largest absolute Gasteiger partial charge is 0.399 e. The van der Waals surface area contributed by atoms with Crippen molar-refractivity contribution in [1.82, 2.24) is 10.2 Å². The first kappa shape index (κ1) is 19.4. The van der Waals surface area contributed by atoms with Crippen LogP contribution in [-0.4, -0.2) is 16.4 Å². The summed E-state index contributed by atoms with van der Waals surface area (Å²) in [4.78, 5) is 11.6. The lowest BCUT2D eigenvalue weighted by Crippen LogP contribution is -2.19. The molecule has 0 aliphatic heterocycles. The molecule has 0 spiro atoms. The molecule has 0 radical (unpaired) electrons. The maximum atomic E-state index is 13.5. The molecule has 1 unspecified atom stereocenters. The number of allylic oxidation sites excluding steroid dienone is 1. The molecule has 0 bridgehead atoms. The van der Waals surface area contributed by atoms with Gasteiger partial charge in [-0.25, -0.2) is 9.49 Å². The van der Waals surface area contributed by atoms with Crippen molar-refractivity contribution in [3.05, 3.63) is 79.9 Å². The maximum absolute atomic E-state index is 13.5. The quantitative estimate of drug-likeness (QED) is 0.437. The average molecular weight is 417 g/mol. The Balaban J connectivity index is 2.02. The molecular formula is C18H10Cl2F4N2O. The van der Waals surface area contributed by atoms with Gasteiger partial charge in [-0.2, -0.15) is 18.3 Å². The molecule has 3 rings (SSSR count). The Bertz CT molecular complexity index is 1070. The number of H-pyrrole nitrogens is 1. The standard InChI is InChI=1S/C18H10Cl2F4N2O/c19-14-6-10(7-15(20)16(14)21)13(18(22,23)24)4-2-9-1-3-12-11(5-9)8-25-26-17(12)27/h1-8,13H,(H,26,27). The molecule has 0 amide bonds. The Kier molecular flexibility index (Phi) is 5.26. The van der Waals surface area contributed by atoms with Crippen LogP contribution in [0.2, 0.25) is 10.0 Å². The molecule has 0 saturated carbocycles. The minimum Gasteiger partial charge on any atom is -0.267 e. The monoisotopic (exact) mass is 416 g/mol. The number of fused-ring (bicyclic) bond motifs is 1. The Hall–Kier alpha value is -2.38. The molecule has 3 aromatic rings. The fraction of sp³-hybridized carbons (Fsp3) is 0.111. The highest BCUT2D eigenvalue weighted by molar-refractivity contribution is 6.35. The Labute approximate surface area is 160 Å². The van der Waals surface area contributed by atoms with E-state index in [2.05, 4.69) is 10.2 Å². The van der Waals surface area contributed by atoms with Crippen LogP contribution in [0.4, 0.5) is 17.6 Å². The highest BCUT2D eigenvalue weighted by Crippen LogP contribution is 2.39. The highest BCUT2D eigenvalue weighted by atomic mass is 35.5. The second-order valence-electron chi connectivity index (χ2n) is 5.72. The Morgan fingerprint density at radius 3 is 2.41 bits per heavy atom. The molecule has 27 heavy (non-hydrogen) atoms. The van der Waals surface area contributed by atoms with Gasteiger partial charge in [0.05, 0.1) is 27.5 Å². The fourth-order valence-corrected chi connectivity index (χ4v) is 3.09. The molecule has 3 nitrogen and oxygen atoms in total. The van der Waals surface area contributed by atoms with Crippen molar-refractivity contribution in [2.45, 2.75) is 12.1 Å². The first-order valence-electron chi connectivity index (χ1n) is 7.53. The van der Waals surface area contributed by atoms with Crippen LogP contribution in [0, 0.1) is 5.82 Å². The number of halogens is 6. The van der Waals surface area contributed by atoms with Crippen molar-refractivity contribution in [3.63, 3.8) is 0 Å². The van der Waals surface area contributed by atoms with Crippen LogP contribution in [0.3, 0.4) is 0 Å². The van der Waals surface area contributed by atoms with Gasteiger partial charge >= 0.3 is 6.18 Å². The zero-order chi connectivity index (χ0) is 19.8. The van der Waals surface area contributed by atoms with E-state index in [1.54, 1.807) is 0 Å². The summed E-state index contributed by atoms with van der Waals surface area (Å²) in [5.74, 6) is -3.01. The van der Waals surface area contributed by atoms with E-state index in [0.29, 0.717) is 16.3 Å². The van der Waals surface area contributed by atoms with E-state index >= 15 is 0 Å². The predicted octanol–water partition coefficient (Wildman–Crippen LogP) is 5.73. The average Bonchev–Trinajstić information content (AvgIpc) is 2.58. The third-order valence-corrected chi connectivity index (χ3v) is 4.44. The topological polar surface area (TPSA) is 45.8 Å². The number of alkyl halides is 3. The summed E-state index contributed by atoms with van der Waals surface area (Å²) >= 11 is 11.2. The maximum Gasteiger partial charge on any atom is 0.399 e. The van der Waals surface area contributed by atoms with Crippen LogP contribution in [0.25, 0.3) is 16.8 Å². The second kappa shape index (κ2) is 7.32. The van der Waals surface area contributed by atoms with Crippen molar-refractivity contribution in [1.29, 1.82) is 0 Å². The molecule has 0 saturated heterocycles. The van der Waals surface area contributed by atoms with Crippen LogP contribution in [0.1, 0.15) is 17.0 Å². The summed E-state index contributed by atoms with van der Waals surface area (Å²) in [6.07, 6.45) is -1.07. The number of hydrogen-bond acceptors (Lipinski definition) is 2. The molecule has 0 fully saturated rings. The van der Waals surface area contributed by atoms with Gasteiger partial charge in [0.25, 0.3) is 5.56 Å². The fourth-order valence-electron chi connectivity index (χ4n) is 2.59. The number of nitrogens with one attached hydrogen (secondary N) is 1. The number of hydrogen-bond donors (Lipinski definition) is 1. The van der Waals surface area contributed by atoms with E-state index < -0.39 is 33.5 Å².